The molecule has 1 heterocycles. The van der Waals surface area contributed by atoms with Gasteiger partial charge in [-0.25, -0.2) is 0 Å². The Kier molecular flexibility index (Phi) is 2.15. The summed E-state index contributed by atoms with van der Waals surface area (Å²) in [7, 11) is 0. The van der Waals surface area contributed by atoms with Gasteiger partial charge >= 0.3 is 0 Å². The first-order chi connectivity index (χ1) is 5.86. The average molecular weight is 194 g/mol. The highest BCUT2D eigenvalue weighted by atomic mass is 35.5. The molecule has 2 rings (SSSR count). The Labute approximate surface area is 80.4 Å². The molecule has 59 valence electrons. The van der Waals surface area contributed by atoms with Crippen molar-refractivity contribution in [2.45, 2.75) is 0 Å². The molecule has 0 atom stereocenters. The Morgan fingerprint density at radius 3 is 2.92 bits per heavy atom. The first kappa shape index (κ1) is 7.84. The van der Waals surface area contributed by atoms with Gasteiger partial charge in [-0.3, -0.25) is 0 Å². The minimum Gasteiger partial charge on any atom is -0.144 e. The Morgan fingerprint density at radius 1 is 1.33 bits per heavy atom. The molecule has 0 bridgehead atoms. The van der Waals surface area contributed by atoms with Crippen LogP contribution in [0.2, 0.25) is 5.02 Å². The van der Waals surface area contributed by atoms with Gasteiger partial charge in [0.25, 0.3) is 0 Å². The quantitative estimate of drug-likeness (QED) is 0.645. The van der Waals surface area contributed by atoms with Gasteiger partial charge in [-0.05, 0) is 29.6 Å². The summed E-state index contributed by atoms with van der Waals surface area (Å²) in [6.07, 6.45) is 0. The lowest BCUT2D eigenvalue weighted by Gasteiger charge is -1.95. The molecule has 0 N–H and O–H groups in total. The summed E-state index contributed by atoms with van der Waals surface area (Å²) in [4.78, 5) is 1.21. The molecule has 0 saturated heterocycles. The summed E-state index contributed by atoms with van der Waals surface area (Å²) in [6, 6.07) is 12.8. The zero-order valence-electron chi connectivity index (χ0n) is 6.25. The molecule has 0 saturated carbocycles. The Bertz CT molecular complexity index is 365. The number of thiophene rings is 1. The predicted octanol–water partition coefficient (Wildman–Crippen LogP) is 3.87. The standard InChI is InChI=1S/C10H6ClS/c11-9-4-1-3-8(7-9)10-5-2-6-12-10/h1-2,4-7H. The first-order valence-corrected chi connectivity index (χ1v) is 4.83. The molecule has 0 unspecified atom stereocenters. The van der Waals surface area contributed by atoms with Gasteiger partial charge in [0.1, 0.15) is 0 Å². The second kappa shape index (κ2) is 3.30. The molecule has 0 fully saturated rings. The first-order valence-electron chi connectivity index (χ1n) is 3.57. The second-order valence-electron chi connectivity index (χ2n) is 2.40. The molecule has 0 spiro atoms. The summed E-state index contributed by atoms with van der Waals surface area (Å²) < 4.78 is 0. The molecule has 1 radical (unpaired) electrons. The minimum atomic E-state index is 0.761. The van der Waals surface area contributed by atoms with Crippen LogP contribution in [-0.2, 0) is 0 Å². The van der Waals surface area contributed by atoms with Crippen LogP contribution in [0.3, 0.4) is 0 Å². The summed E-state index contributed by atoms with van der Waals surface area (Å²) in [5.74, 6) is 0. The van der Waals surface area contributed by atoms with E-state index in [1.54, 1.807) is 11.3 Å². The van der Waals surface area contributed by atoms with Gasteiger partial charge in [-0.2, -0.15) is 0 Å². The van der Waals surface area contributed by atoms with E-state index in [4.69, 9.17) is 11.6 Å². The average Bonchev–Trinajstić information content (AvgIpc) is 2.56. The third-order valence-electron chi connectivity index (χ3n) is 1.55. The maximum atomic E-state index is 5.85. The van der Waals surface area contributed by atoms with Crippen LogP contribution in [0.15, 0.2) is 35.7 Å². The van der Waals surface area contributed by atoms with Gasteiger partial charge in [0, 0.05) is 15.5 Å². The lowest BCUT2D eigenvalue weighted by atomic mass is 10.2. The predicted molar refractivity (Wildman–Crippen MR) is 53.6 cm³/mol. The maximum Gasteiger partial charge on any atom is 0.0412 e. The largest absolute Gasteiger partial charge is 0.144 e. The van der Waals surface area contributed by atoms with Gasteiger partial charge < -0.3 is 0 Å². The summed E-state index contributed by atoms with van der Waals surface area (Å²) >= 11 is 7.54. The van der Waals surface area contributed by atoms with Crippen molar-refractivity contribution in [1.82, 2.24) is 0 Å². The molecule has 0 aliphatic heterocycles. The van der Waals surface area contributed by atoms with E-state index >= 15 is 0 Å². The third kappa shape index (κ3) is 1.52. The molecule has 0 amide bonds. The molecule has 2 heteroatoms. The number of rotatable bonds is 1. The topological polar surface area (TPSA) is 0 Å². The normalized spacial score (nSPS) is 10.1. The molecule has 0 aliphatic carbocycles. The van der Waals surface area contributed by atoms with E-state index in [9.17, 15) is 0 Å². The van der Waals surface area contributed by atoms with Crippen molar-refractivity contribution in [1.29, 1.82) is 0 Å². The van der Waals surface area contributed by atoms with Crippen molar-refractivity contribution < 1.29 is 0 Å². The van der Waals surface area contributed by atoms with Crippen LogP contribution in [0.25, 0.3) is 10.4 Å². The van der Waals surface area contributed by atoms with Crippen molar-refractivity contribution in [3.8, 4) is 10.4 Å². The van der Waals surface area contributed by atoms with Gasteiger partial charge in [-0.15, -0.1) is 11.3 Å². The van der Waals surface area contributed by atoms with Gasteiger partial charge in [-0.1, -0.05) is 23.7 Å². The fourth-order valence-electron chi connectivity index (χ4n) is 1.01. The highest BCUT2D eigenvalue weighted by Crippen LogP contribution is 2.25. The smallest absolute Gasteiger partial charge is 0.0412 e. The van der Waals surface area contributed by atoms with Crippen LogP contribution in [0.5, 0.6) is 0 Å². The van der Waals surface area contributed by atoms with Gasteiger partial charge in [0.2, 0.25) is 0 Å². The van der Waals surface area contributed by atoms with Crippen LogP contribution in [0.4, 0.5) is 0 Å². The van der Waals surface area contributed by atoms with E-state index in [-0.39, 0.29) is 0 Å². The van der Waals surface area contributed by atoms with Crippen LogP contribution in [0, 0.1) is 6.07 Å². The summed E-state index contributed by atoms with van der Waals surface area (Å²) in [5, 5.41) is 2.81. The van der Waals surface area contributed by atoms with Gasteiger partial charge in [0.15, 0.2) is 0 Å². The fourth-order valence-corrected chi connectivity index (χ4v) is 1.89. The molecule has 2 aromatic rings. The highest BCUT2D eigenvalue weighted by molar-refractivity contribution is 7.13. The highest BCUT2D eigenvalue weighted by Gasteiger charge is 1.97. The third-order valence-corrected chi connectivity index (χ3v) is 2.69. The Hall–Kier alpha value is -0.790. The van der Waals surface area contributed by atoms with Gasteiger partial charge in [0.05, 0.1) is 0 Å². The molecule has 1 aromatic carbocycles. The Balaban J connectivity index is 2.48. The second-order valence-corrected chi connectivity index (χ2v) is 3.78. The maximum absolute atomic E-state index is 5.85. The minimum absolute atomic E-state index is 0.761. The van der Waals surface area contributed by atoms with Crippen LogP contribution >= 0.6 is 22.9 Å². The van der Waals surface area contributed by atoms with Crippen molar-refractivity contribution in [3.63, 3.8) is 0 Å². The number of benzene rings is 1. The molecule has 1 aromatic heterocycles. The van der Waals surface area contributed by atoms with Crippen LogP contribution < -0.4 is 0 Å². The summed E-state index contributed by atoms with van der Waals surface area (Å²) in [6.45, 7) is 0. The SMILES string of the molecule is Clc1cc[c]c(-c2cccs2)c1. The van der Waals surface area contributed by atoms with E-state index in [2.05, 4.69) is 12.1 Å². The molecular formula is C10H6ClS. The summed E-state index contributed by atoms with van der Waals surface area (Å²) in [5.41, 5.74) is 1.07. The van der Waals surface area contributed by atoms with Crippen LogP contribution in [0.1, 0.15) is 0 Å². The van der Waals surface area contributed by atoms with Crippen LogP contribution in [-0.4, -0.2) is 0 Å². The van der Waals surface area contributed by atoms with Crippen molar-refractivity contribution in [2.75, 3.05) is 0 Å². The van der Waals surface area contributed by atoms with E-state index in [1.807, 2.05) is 29.6 Å². The molecule has 0 aliphatic rings. The Morgan fingerprint density at radius 2 is 2.25 bits per heavy atom. The van der Waals surface area contributed by atoms with E-state index < -0.39 is 0 Å². The number of halogens is 1. The van der Waals surface area contributed by atoms with E-state index in [0.717, 1.165) is 10.6 Å². The lowest BCUT2D eigenvalue weighted by molar-refractivity contribution is 1.68. The number of hydrogen-bond donors (Lipinski definition) is 0. The molecule has 0 nitrogen and oxygen atoms in total. The zero-order valence-corrected chi connectivity index (χ0v) is 7.82. The lowest BCUT2D eigenvalue weighted by Crippen LogP contribution is -1.71. The monoisotopic (exact) mass is 193 g/mol. The van der Waals surface area contributed by atoms with Crippen molar-refractivity contribution >= 4 is 22.9 Å². The molecule has 12 heavy (non-hydrogen) atoms. The van der Waals surface area contributed by atoms with Crippen molar-refractivity contribution in [3.05, 3.63) is 46.8 Å². The van der Waals surface area contributed by atoms with E-state index in [0.29, 0.717) is 0 Å². The van der Waals surface area contributed by atoms with Crippen molar-refractivity contribution in [2.24, 2.45) is 0 Å². The molecular weight excluding hydrogens is 188 g/mol. The zero-order chi connectivity index (χ0) is 8.39. The van der Waals surface area contributed by atoms with E-state index in [1.165, 1.54) is 4.88 Å². The number of hydrogen-bond acceptors (Lipinski definition) is 1. The fraction of sp³-hybridized carbons (Fsp3) is 0.